The Kier molecular flexibility index (Phi) is 5.60. The van der Waals surface area contributed by atoms with Crippen LogP contribution >= 0.6 is 11.6 Å². The molecular formula is C25H23ClN2O2. The topological polar surface area (TPSA) is 61.7 Å². The van der Waals surface area contributed by atoms with Crippen LogP contribution in [0.3, 0.4) is 0 Å². The van der Waals surface area contributed by atoms with E-state index in [-0.39, 0.29) is 11.7 Å². The van der Waals surface area contributed by atoms with Gasteiger partial charge in [0.1, 0.15) is 11.8 Å². The van der Waals surface area contributed by atoms with Crippen LogP contribution in [-0.4, -0.2) is 22.8 Å². The quantitative estimate of drug-likeness (QED) is 0.581. The van der Waals surface area contributed by atoms with Crippen molar-refractivity contribution in [3.63, 3.8) is 0 Å². The molecule has 0 spiro atoms. The van der Waals surface area contributed by atoms with E-state index < -0.39 is 6.04 Å². The lowest BCUT2D eigenvalue weighted by Gasteiger charge is -2.16. The van der Waals surface area contributed by atoms with Gasteiger partial charge in [-0.3, -0.25) is 9.79 Å². The lowest BCUT2D eigenvalue weighted by molar-refractivity contribution is -0.117. The van der Waals surface area contributed by atoms with Gasteiger partial charge < -0.3 is 10.4 Å². The van der Waals surface area contributed by atoms with Crippen LogP contribution in [0.1, 0.15) is 42.0 Å². The van der Waals surface area contributed by atoms with Crippen molar-refractivity contribution in [2.24, 2.45) is 4.99 Å². The molecule has 0 radical (unpaired) electrons. The fourth-order valence-electron chi connectivity index (χ4n) is 3.80. The van der Waals surface area contributed by atoms with Gasteiger partial charge in [0.2, 0.25) is 5.91 Å². The molecule has 4 nitrogen and oxygen atoms in total. The van der Waals surface area contributed by atoms with Crippen molar-refractivity contribution in [1.29, 1.82) is 0 Å². The average molecular weight is 419 g/mol. The van der Waals surface area contributed by atoms with Crippen molar-refractivity contribution in [3.05, 3.63) is 94.0 Å². The number of rotatable bonds is 4. The van der Waals surface area contributed by atoms with E-state index in [2.05, 4.69) is 31.3 Å². The number of halogens is 1. The minimum Gasteiger partial charge on any atom is -0.508 e. The number of benzene rings is 3. The maximum absolute atomic E-state index is 13.1. The zero-order chi connectivity index (χ0) is 21.3. The van der Waals surface area contributed by atoms with Crippen LogP contribution < -0.4 is 5.32 Å². The van der Waals surface area contributed by atoms with Crippen molar-refractivity contribution in [2.45, 2.75) is 32.2 Å². The van der Waals surface area contributed by atoms with Gasteiger partial charge in [0.25, 0.3) is 0 Å². The molecule has 3 aromatic carbocycles. The first-order valence-electron chi connectivity index (χ1n) is 9.98. The third kappa shape index (κ3) is 4.10. The number of nitrogens with one attached hydrogen (secondary N) is 1. The second-order valence-electron chi connectivity index (χ2n) is 7.78. The zero-order valence-corrected chi connectivity index (χ0v) is 17.6. The van der Waals surface area contributed by atoms with Gasteiger partial charge in [-0.1, -0.05) is 49.7 Å². The van der Waals surface area contributed by atoms with E-state index in [9.17, 15) is 9.90 Å². The van der Waals surface area contributed by atoms with Gasteiger partial charge in [0.15, 0.2) is 0 Å². The minimum absolute atomic E-state index is 0.147. The first-order valence-corrected chi connectivity index (χ1v) is 10.4. The smallest absolute Gasteiger partial charge is 0.249 e. The van der Waals surface area contributed by atoms with Crippen LogP contribution in [0.5, 0.6) is 5.75 Å². The molecule has 2 N–H and O–H groups in total. The number of phenols is 1. The summed E-state index contributed by atoms with van der Waals surface area (Å²) in [7, 11) is 0. The highest BCUT2D eigenvalue weighted by Gasteiger charge is 2.27. The Morgan fingerprint density at radius 1 is 1.07 bits per heavy atom. The zero-order valence-electron chi connectivity index (χ0n) is 16.9. The number of carbonyl (C=O) groups excluding carboxylic acids is 1. The van der Waals surface area contributed by atoms with Crippen LogP contribution in [0, 0.1) is 0 Å². The van der Waals surface area contributed by atoms with E-state index in [1.54, 1.807) is 36.4 Å². The van der Waals surface area contributed by atoms with Gasteiger partial charge in [-0.05, 0) is 59.5 Å². The van der Waals surface area contributed by atoms with Gasteiger partial charge in [-0.2, -0.15) is 0 Å². The minimum atomic E-state index is -0.583. The van der Waals surface area contributed by atoms with Crippen molar-refractivity contribution < 1.29 is 9.90 Å². The Bertz CT molecular complexity index is 1120. The Balaban J connectivity index is 1.82. The largest absolute Gasteiger partial charge is 0.508 e. The lowest BCUT2D eigenvalue weighted by atomic mass is 9.93. The fourth-order valence-corrected chi connectivity index (χ4v) is 3.97. The first kappa shape index (κ1) is 20.2. The summed E-state index contributed by atoms with van der Waals surface area (Å²) in [6.07, 6.45) is 0.503. The number of hydrogen-bond donors (Lipinski definition) is 2. The highest BCUT2D eigenvalue weighted by atomic mass is 35.5. The number of aromatic hydroxyl groups is 1. The third-order valence-corrected chi connectivity index (χ3v) is 5.55. The molecule has 0 saturated heterocycles. The van der Waals surface area contributed by atoms with Gasteiger partial charge in [-0.25, -0.2) is 0 Å². The molecule has 3 aromatic rings. The predicted octanol–water partition coefficient (Wildman–Crippen LogP) is 5.57. The SMILES string of the molecule is CC(C)c1ccccc1CC1N=C(c2ccc(O)cc2)c2cc(Cl)ccc2NC1=O. The summed E-state index contributed by atoms with van der Waals surface area (Å²) < 4.78 is 0. The third-order valence-electron chi connectivity index (χ3n) is 5.31. The van der Waals surface area contributed by atoms with E-state index in [1.807, 2.05) is 18.2 Å². The molecule has 0 bridgehead atoms. The fraction of sp³-hybridized carbons (Fsp3) is 0.200. The lowest BCUT2D eigenvalue weighted by Crippen LogP contribution is -2.28. The summed E-state index contributed by atoms with van der Waals surface area (Å²) in [6.45, 7) is 4.30. The van der Waals surface area contributed by atoms with Crippen LogP contribution in [0.25, 0.3) is 0 Å². The Morgan fingerprint density at radius 3 is 2.53 bits per heavy atom. The second-order valence-corrected chi connectivity index (χ2v) is 8.21. The van der Waals surface area contributed by atoms with Crippen molar-refractivity contribution in [1.82, 2.24) is 0 Å². The number of phenolic OH excluding ortho intramolecular Hbond substituents is 1. The highest BCUT2D eigenvalue weighted by Crippen LogP contribution is 2.29. The van der Waals surface area contributed by atoms with E-state index in [4.69, 9.17) is 16.6 Å². The van der Waals surface area contributed by atoms with Gasteiger partial charge in [0, 0.05) is 22.6 Å². The van der Waals surface area contributed by atoms with Gasteiger partial charge in [-0.15, -0.1) is 0 Å². The molecule has 5 heteroatoms. The molecule has 1 aliphatic heterocycles. The maximum Gasteiger partial charge on any atom is 0.249 e. The average Bonchev–Trinajstić information content (AvgIpc) is 2.85. The molecule has 1 unspecified atom stereocenters. The van der Waals surface area contributed by atoms with E-state index in [1.165, 1.54) is 5.56 Å². The van der Waals surface area contributed by atoms with Crippen molar-refractivity contribution in [2.75, 3.05) is 5.32 Å². The van der Waals surface area contributed by atoms with Crippen LogP contribution in [0.15, 0.2) is 71.7 Å². The molecule has 1 atom stereocenters. The summed E-state index contributed by atoms with van der Waals surface area (Å²) in [5.74, 6) is 0.383. The Morgan fingerprint density at radius 2 is 1.80 bits per heavy atom. The van der Waals surface area contributed by atoms with Crippen molar-refractivity contribution >= 4 is 28.9 Å². The van der Waals surface area contributed by atoms with E-state index in [0.29, 0.717) is 28.8 Å². The van der Waals surface area contributed by atoms with Crippen LogP contribution in [0.4, 0.5) is 5.69 Å². The monoisotopic (exact) mass is 418 g/mol. The summed E-state index contributed by atoms with van der Waals surface area (Å²) in [5, 5.41) is 13.3. The number of fused-ring (bicyclic) bond motifs is 1. The highest BCUT2D eigenvalue weighted by molar-refractivity contribution is 6.32. The summed E-state index contributed by atoms with van der Waals surface area (Å²) >= 11 is 6.26. The molecule has 4 rings (SSSR count). The maximum atomic E-state index is 13.1. The summed E-state index contributed by atoms with van der Waals surface area (Å²) in [6, 6.07) is 19.8. The number of anilines is 1. The standard InChI is InChI=1S/C25H23ClN2O2/c1-15(2)20-6-4-3-5-17(20)13-23-25(30)28-22-12-9-18(26)14-21(22)24(27-23)16-7-10-19(29)11-8-16/h3-12,14-15,23,29H,13H2,1-2H3,(H,28,30). The molecule has 30 heavy (non-hydrogen) atoms. The van der Waals surface area contributed by atoms with E-state index in [0.717, 1.165) is 16.7 Å². The summed E-state index contributed by atoms with van der Waals surface area (Å²) in [4.78, 5) is 18.0. The molecular weight excluding hydrogens is 396 g/mol. The molecule has 0 saturated carbocycles. The van der Waals surface area contributed by atoms with Crippen molar-refractivity contribution in [3.8, 4) is 5.75 Å². The molecule has 0 fully saturated rings. The van der Waals surface area contributed by atoms with Gasteiger partial charge in [0.05, 0.1) is 11.4 Å². The number of aliphatic imine (C=N–C) groups is 1. The molecule has 1 amide bonds. The van der Waals surface area contributed by atoms with E-state index >= 15 is 0 Å². The number of amides is 1. The second kappa shape index (κ2) is 8.33. The first-order chi connectivity index (χ1) is 14.4. The molecule has 0 aromatic heterocycles. The van der Waals surface area contributed by atoms with Gasteiger partial charge >= 0.3 is 0 Å². The number of nitrogens with zero attached hydrogens (tertiary/aromatic N) is 1. The molecule has 0 aliphatic carbocycles. The number of benzodiazepines with no additional fused rings is 1. The molecule has 1 aliphatic rings. The number of hydrogen-bond acceptors (Lipinski definition) is 3. The normalized spacial score (nSPS) is 15.9. The Hall–Kier alpha value is -3.11. The molecule has 152 valence electrons. The Labute approximate surface area is 181 Å². The van der Waals surface area contributed by atoms with Crippen LogP contribution in [-0.2, 0) is 11.2 Å². The molecule has 1 heterocycles. The predicted molar refractivity (Wildman–Crippen MR) is 122 cm³/mol. The summed E-state index contributed by atoms with van der Waals surface area (Å²) in [5.41, 5.74) is 5.27. The van der Waals surface area contributed by atoms with Crippen LogP contribution in [0.2, 0.25) is 5.02 Å². The number of carbonyl (C=O) groups is 1.